The van der Waals surface area contributed by atoms with E-state index in [1.165, 1.54) is 43.5 Å². The van der Waals surface area contributed by atoms with E-state index in [1.54, 1.807) is 17.0 Å². The Kier molecular flexibility index (Phi) is 6.42. The SMILES string of the molecule is COc1ccc(S(=O)(=O)N(CC(=O)N2CCC[C@@H](C)C2)c2ccc(F)cc2)cc1. The Balaban J connectivity index is 1.93. The lowest BCUT2D eigenvalue weighted by molar-refractivity contribution is -0.131. The van der Waals surface area contributed by atoms with Gasteiger partial charge in [0.1, 0.15) is 18.1 Å². The number of anilines is 1. The number of amides is 1. The van der Waals surface area contributed by atoms with Crippen molar-refractivity contribution in [1.29, 1.82) is 0 Å². The molecule has 0 N–H and O–H groups in total. The van der Waals surface area contributed by atoms with Crippen molar-refractivity contribution in [2.24, 2.45) is 5.92 Å². The predicted molar refractivity (Wildman–Crippen MR) is 109 cm³/mol. The van der Waals surface area contributed by atoms with Gasteiger partial charge in [0.25, 0.3) is 10.0 Å². The summed E-state index contributed by atoms with van der Waals surface area (Å²) in [6.07, 6.45) is 1.95. The van der Waals surface area contributed by atoms with Crippen LogP contribution < -0.4 is 9.04 Å². The fourth-order valence-corrected chi connectivity index (χ4v) is 4.85. The minimum Gasteiger partial charge on any atom is -0.497 e. The summed E-state index contributed by atoms with van der Waals surface area (Å²) in [7, 11) is -2.54. The Morgan fingerprint density at radius 3 is 2.41 bits per heavy atom. The molecule has 1 aliphatic rings. The highest BCUT2D eigenvalue weighted by Crippen LogP contribution is 2.26. The molecule has 0 aromatic heterocycles. The van der Waals surface area contributed by atoms with E-state index in [9.17, 15) is 17.6 Å². The standard InChI is InChI=1S/C21H25FN2O4S/c1-16-4-3-13-23(14-16)21(25)15-24(18-7-5-17(22)6-8-18)29(26,27)20-11-9-19(28-2)10-12-20/h5-12,16H,3-4,13-15H2,1-2H3/t16-/m1/s1. The van der Waals surface area contributed by atoms with Crippen LogP contribution in [0.3, 0.4) is 0 Å². The first-order valence-corrected chi connectivity index (χ1v) is 11.0. The molecular formula is C21H25FN2O4S. The zero-order valence-corrected chi connectivity index (χ0v) is 17.4. The van der Waals surface area contributed by atoms with Crippen LogP contribution in [-0.4, -0.2) is 46.0 Å². The van der Waals surface area contributed by atoms with Crippen molar-refractivity contribution in [3.8, 4) is 5.75 Å². The highest BCUT2D eigenvalue weighted by molar-refractivity contribution is 7.92. The van der Waals surface area contributed by atoms with Crippen LogP contribution in [0.2, 0.25) is 0 Å². The normalized spacial score (nSPS) is 17.1. The van der Waals surface area contributed by atoms with Crippen molar-refractivity contribution in [3.05, 3.63) is 54.3 Å². The van der Waals surface area contributed by atoms with Crippen LogP contribution in [0.1, 0.15) is 19.8 Å². The summed E-state index contributed by atoms with van der Waals surface area (Å²) in [5, 5.41) is 0. The van der Waals surface area contributed by atoms with Gasteiger partial charge in [0, 0.05) is 13.1 Å². The minimum atomic E-state index is -4.03. The number of carbonyl (C=O) groups excluding carboxylic acids is 1. The second-order valence-electron chi connectivity index (χ2n) is 7.25. The summed E-state index contributed by atoms with van der Waals surface area (Å²) in [4.78, 5) is 14.6. The van der Waals surface area contributed by atoms with Gasteiger partial charge in [0.05, 0.1) is 17.7 Å². The summed E-state index contributed by atoms with van der Waals surface area (Å²) in [5.41, 5.74) is 0.237. The molecule has 1 heterocycles. The number of likely N-dealkylation sites (tertiary alicyclic amines) is 1. The number of hydrogen-bond donors (Lipinski definition) is 0. The number of ether oxygens (including phenoxy) is 1. The number of halogens is 1. The van der Waals surface area contributed by atoms with Crippen LogP contribution in [-0.2, 0) is 14.8 Å². The van der Waals surface area contributed by atoms with Gasteiger partial charge in [-0.3, -0.25) is 9.10 Å². The van der Waals surface area contributed by atoms with Crippen LogP contribution >= 0.6 is 0 Å². The van der Waals surface area contributed by atoms with E-state index in [0.717, 1.165) is 17.1 Å². The molecule has 0 spiro atoms. The number of carbonyl (C=O) groups is 1. The second-order valence-corrected chi connectivity index (χ2v) is 9.11. The molecule has 29 heavy (non-hydrogen) atoms. The molecule has 0 radical (unpaired) electrons. The van der Waals surface area contributed by atoms with Crippen LogP contribution in [0.4, 0.5) is 10.1 Å². The maximum atomic E-state index is 13.4. The van der Waals surface area contributed by atoms with E-state index in [2.05, 4.69) is 6.92 Å². The molecule has 8 heteroatoms. The molecular weight excluding hydrogens is 395 g/mol. The molecule has 0 saturated carbocycles. The molecule has 156 valence electrons. The molecule has 1 saturated heterocycles. The summed E-state index contributed by atoms with van der Waals surface area (Å²) in [6.45, 7) is 2.96. The summed E-state index contributed by atoms with van der Waals surface area (Å²) < 4.78 is 46.2. The van der Waals surface area contributed by atoms with Crippen molar-refractivity contribution in [2.75, 3.05) is 31.0 Å². The number of nitrogens with zero attached hydrogens (tertiary/aromatic N) is 2. The van der Waals surface area contributed by atoms with Gasteiger partial charge in [0.2, 0.25) is 5.91 Å². The maximum Gasteiger partial charge on any atom is 0.264 e. The third-order valence-electron chi connectivity index (χ3n) is 5.05. The van der Waals surface area contributed by atoms with Crippen molar-refractivity contribution in [3.63, 3.8) is 0 Å². The van der Waals surface area contributed by atoms with Gasteiger partial charge >= 0.3 is 0 Å². The Bertz CT molecular complexity index is 946. The summed E-state index contributed by atoms with van der Waals surface area (Å²) in [6, 6.07) is 11.0. The lowest BCUT2D eigenvalue weighted by atomic mass is 10.0. The Hall–Kier alpha value is -2.61. The van der Waals surface area contributed by atoms with Gasteiger partial charge in [-0.25, -0.2) is 12.8 Å². The second kappa shape index (κ2) is 8.82. The van der Waals surface area contributed by atoms with E-state index < -0.39 is 15.8 Å². The Morgan fingerprint density at radius 1 is 1.17 bits per heavy atom. The average molecular weight is 421 g/mol. The van der Waals surface area contributed by atoms with E-state index in [0.29, 0.717) is 24.8 Å². The lowest BCUT2D eigenvalue weighted by Gasteiger charge is -2.33. The molecule has 2 aromatic carbocycles. The third-order valence-corrected chi connectivity index (χ3v) is 6.84. The number of benzene rings is 2. The summed E-state index contributed by atoms with van der Waals surface area (Å²) >= 11 is 0. The smallest absolute Gasteiger partial charge is 0.264 e. The molecule has 3 rings (SSSR count). The highest BCUT2D eigenvalue weighted by atomic mass is 32.2. The Labute approximate surface area is 170 Å². The predicted octanol–water partition coefficient (Wildman–Crippen LogP) is 3.29. The van der Waals surface area contributed by atoms with Crippen LogP contribution in [0, 0.1) is 11.7 Å². The Morgan fingerprint density at radius 2 is 1.83 bits per heavy atom. The van der Waals surface area contributed by atoms with Crippen molar-refractivity contribution in [1.82, 2.24) is 4.90 Å². The first-order chi connectivity index (χ1) is 13.8. The monoisotopic (exact) mass is 420 g/mol. The molecule has 1 amide bonds. The number of sulfonamides is 1. The van der Waals surface area contributed by atoms with Gasteiger partial charge in [-0.15, -0.1) is 0 Å². The number of methoxy groups -OCH3 is 1. The minimum absolute atomic E-state index is 0.0300. The van der Waals surface area contributed by atoms with Gasteiger partial charge < -0.3 is 9.64 Å². The number of rotatable bonds is 6. The molecule has 0 aliphatic carbocycles. The lowest BCUT2D eigenvalue weighted by Crippen LogP contribution is -2.46. The zero-order valence-electron chi connectivity index (χ0n) is 16.5. The summed E-state index contributed by atoms with van der Waals surface area (Å²) in [5.74, 6) is 0.158. The average Bonchev–Trinajstić information content (AvgIpc) is 2.72. The molecule has 2 aromatic rings. The van der Waals surface area contributed by atoms with Crippen molar-refractivity contribution in [2.45, 2.75) is 24.7 Å². The van der Waals surface area contributed by atoms with E-state index >= 15 is 0 Å². The van der Waals surface area contributed by atoms with Crippen LogP contribution in [0.15, 0.2) is 53.4 Å². The highest BCUT2D eigenvalue weighted by Gasteiger charge is 2.30. The van der Waals surface area contributed by atoms with E-state index in [1.807, 2.05) is 0 Å². The number of piperidine rings is 1. The third kappa shape index (κ3) is 4.87. The molecule has 0 bridgehead atoms. The molecule has 1 aliphatic heterocycles. The molecule has 1 fully saturated rings. The quantitative estimate of drug-likeness (QED) is 0.719. The zero-order chi connectivity index (χ0) is 21.0. The topological polar surface area (TPSA) is 66.9 Å². The van der Waals surface area contributed by atoms with Crippen LogP contribution in [0.5, 0.6) is 5.75 Å². The van der Waals surface area contributed by atoms with Crippen molar-refractivity contribution < 1.29 is 22.3 Å². The van der Waals surface area contributed by atoms with Crippen molar-refractivity contribution >= 4 is 21.6 Å². The van der Waals surface area contributed by atoms with Crippen LogP contribution in [0.25, 0.3) is 0 Å². The van der Waals surface area contributed by atoms with Gasteiger partial charge in [-0.05, 0) is 67.3 Å². The first kappa shape index (κ1) is 21.1. The van der Waals surface area contributed by atoms with E-state index in [-0.39, 0.29) is 23.0 Å². The molecule has 1 atom stereocenters. The number of hydrogen-bond acceptors (Lipinski definition) is 4. The first-order valence-electron chi connectivity index (χ1n) is 9.51. The fraction of sp³-hybridized carbons (Fsp3) is 0.381. The maximum absolute atomic E-state index is 13.4. The fourth-order valence-electron chi connectivity index (χ4n) is 3.44. The van der Waals surface area contributed by atoms with E-state index in [4.69, 9.17) is 4.74 Å². The van der Waals surface area contributed by atoms with Gasteiger partial charge in [0.15, 0.2) is 0 Å². The van der Waals surface area contributed by atoms with Gasteiger partial charge in [-0.2, -0.15) is 0 Å². The molecule has 0 unspecified atom stereocenters. The van der Waals surface area contributed by atoms with Gasteiger partial charge in [-0.1, -0.05) is 6.92 Å². The molecule has 6 nitrogen and oxygen atoms in total. The largest absolute Gasteiger partial charge is 0.497 e.